The van der Waals surface area contributed by atoms with Crippen molar-refractivity contribution in [2.45, 2.75) is 57.9 Å². The van der Waals surface area contributed by atoms with E-state index in [4.69, 9.17) is 5.73 Å². The van der Waals surface area contributed by atoms with Gasteiger partial charge >= 0.3 is 0 Å². The molecule has 1 aliphatic carbocycles. The Hall–Kier alpha value is -1.06. The third-order valence-corrected chi connectivity index (χ3v) is 4.76. The monoisotopic (exact) mass is 338 g/mol. The van der Waals surface area contributed by atoms with Gasteiger partial charge in [-0.05, 0) is 49.5 Å². The first kappa shape index (κ1) is 20.0. The van der Waals surface area contributed by atoms with Crippen molar-refractivity contribution in [3.05, 3.63) is 35.9 Å². The number of rotatable bonds is 6. The minimum Gasteiger partial charge on any atom is -0.352 e. The van der Waals surface area contributed by atoms with Crippen molar-refractivity contribution in [2.75, 3.05) is 6.54 Å². The first-order valence-electron chi connectivity index (χ1n) is 8.65. The van der Waals surface area contributed by atoms with Crippen LogP contribution in [-0.4, -0.2) is 18.5 Å². The molecule has 0 saturated heterocycles. The van der Waals surface area contributed by atoms with Gasteiger partial charge < -0.3 is 11.1 Å². The van der Waals surface area contributed by atoms with E-state index in [1.165, 1.54) is 5.56 Å². The summed E-state index contributed by atoms with van der Waals surface area (Å²) >= 11 is 0. The number of nitrogens with two attached hydrogens (primary N) is 1. The molecule has 130 valence electrons. The maximum atomic E-state index is 12.4. The van der Waals surface area contributed by atoms with Crippen LogP contribution in [0.1, 0.15) is 57.4 Å². The van der Waals surface area contributed by atoms with Crippen LogP contribution in [0.15, 0.2) is 30.3 Å². The number of amides is 1. The Labute approximate surface area is 146 Å². The molecule has 1 aromatic rings. The van der Waals surface area contributed by atoms with Crippen molar-refractivity contribution < 1.29 is 4.79 Å². The Morgan fingerprint density at radius 1 is 1.17 bits per heavy atom. The van der Waals surface area contributed by atoms with Gasteiger partial charge in [-0.15, -0.1) is 12.4 Å². The molecule has 0 spiro atoms. The Morgan fingerprint density at radius 2 is 1.78 bits per heavy atom. The molecule has 1 amide bonds. The van der Waals surface area contributed by atoms with Gasteiger partial charge in [0.2, 0.25) is 5.91 Å². The molecule has 4 heteroatoms. The lowest BCUT2D eigenvalue weighted by molar-refractivity contribution is -0.126. The van der Waals surface area contributed by atoms with E-state index in [9.17, 15) is 4.79 Å². The third-order valence-electron chi connectivity index (χ3n) is 4.76. The molecule has 0 aliphatic heterocycles. The third kappa shape index (κ3) is 6.15. The summed E-state index contributed by atoms with van der Waals surface area (Å²) in [4.78, 5) is 12.4. The molecule has 1 fully saturated rings. The molecule has 1 aliphatic rings. The van der Waals surface area contributed by atoms with Crippen LogP contribution in [0.5, 0.6) is 0 Å². The highest BCUT2D eigenvalue weighted by Crippen LogP contribution is 2.35. The summed E-state index contributed by atoms with van der Waals surface area (Å²) in [7, 11) is 0. The molecule has 23 heavy (non-hydrogen) atoms. The van der Waals surface area contributed by atoms with Crippen molar-refractivity contribution >= 4 is 18.3 Å². The molecule has 1 saturated carbocycles. The molecule has 2 rings (SSSR count). The minimum atomic E-state index is 0. The summed E-state index contributed by atoms with van der Waals surface area (Å²) in [5, 5.41) is 3.16. The van der Waals surface area contributed by atoms with E-state index >= 15 is 0 Å². The van der Waals surface area contributed by atoms with Crippen molar-refractivity contribution in [1.29, 1.82) is 0 Å². The molecule has 0 radical (unpaired) electrons. The number of hydrogen-bond donors (Lipinski definition) is 2. The molecule has 3 nitrogen and oxygen atoms in total. The van der Waals surface area contributed by atoms with Crippen LogP contribution < -0.4 is 11.1 Å². The van der Waals surface area contributed by atoms with Crippen LogP contribution in [0.4, 0.5) is 0 Å². The van der Waals surface area contributed by atoms with Crippen LogP contribution in [0, 0.1) is 11.8 Å². The summed E-state index contributed by atoms with van der Waals surface area (Å²) in [5.41, 5.74) is 7.20. The van der Waals surface area contributed by atoms with Gasteiger partial charge in [0.05, 0.1) is 0 Å². The van der Waals surface area contributed by atoms with Crippen LogP contribution in [0.2, 0.25) is 0 Å². The second-order valence-corrected chi connectivity index (χ2v) is 7.03. The quantitative estimate of drug-likeness (QED) is 0.827. The summed E-state index contributed by atoms with van der Waals surface area (Å²) in [6.07, 6.45) is 5.16. The van der Waals surface area contributed by atoms with Crippen molar-refractivity contribution in [3.63, 3.8) is 0 Å². The summed E-state index contributed by atoms with van der Waals surface area (Å²) < 4.78 is 0. The zero-order chi connectivity index (χ0) is 15.9. The van der Waals surface area contributed by atoms with E-state index in [2.05, 4.69) is 49.5 Å². The van der Waals surface area contributed by atoms with Crippen LogP contribution in [0.3, 0.4) is 0 Å². The number of benzene rings is 1. The van der Waals surface area contributed by atoms with E-state index in [1.54, 1.807) is 0 Å². The van der Waals surface area contributed by atoms with Gasteiger partial charge in [-0.25, -0.2) is 0 Å². The van der Waals surface area contributed by atoms with Crippen molar-refractivity contribution in [1.82, 2.24) is 5.32 Å². The highest BCUT2D eigenvalue weighted by atomic mass is 35.5. The average molecular weight is 339 g/mol. The second-order valence-electron chi connectivity index (χ2n) is 7.03. The van der Waals surface area contributed by atoms with Crippen LogP contribution in [-0.2, 0) is 4.79 Å². The van der Waals surface area contributed by atoms with Gasteiger partial charge in [-0.2, -0.15) is 0 Å². The summed E-state index contributed by atoms with van der Waals surface area (Å²) in [6, 6.07) is 10.8. The highest BCUT2D eigenvalue weighted by Gasteiger charge is 2.28. The van der Waals surface area contributed by atoms with Gasteiger partial charge in [-0.3, -0.25) is 4.79 Å². The molecule has 0 bridgehead atoms. The lowest BCUT2D eigenvalue weighted by Gasteiger charge is -2.29. The topological polar surface area (TPSA) is 55.1 Å². The number of halogens is 1. The smallest absolute Gasteiger partial charge is 0.223 e. The fourth-order valence-corrected chi connectivity index (χ4v) is 3.52. The zero-order valence-corrected chi connectivity index (χ0v) is 15.1. The number of carbonyl (C=O) groups excluding carboxylic acids is 1. The van der Waals surface area contributed by atoms with Crippen molar-refractivity contribution in [3.8, 4) is 0 Å². The van der Waals surface area contributed by atoms with Crippen LogP contribution in [0.25, 0.3) is 0 Å². The predicted molar refractivity (Wildman–Crippen MR) is 98.8 cm³/mol. The van der Waals surface area contributed by atoms with Gasteiger partial charge in [-0.1, -0.05) is 44.2 Å². The fourth-order valence-electron chi connectivity index (χ4n) is 3.52. The first-order valence-corrected chi connectivity index (χ1v) is 8.65. The number of hydrogen-bond acceptors (Lipinski definition) is 2. The number of carbonyl (C=O) groups is 1. The predicted octanol–water partition coefficient (Wildman–Crippen LogP) is 3.87. The SMILES string of the molecule is CC(C)CC(CN)NC(=O)C1CCC(c2ccccc2)CC1.Cl. The summed E-state index contributed by atoms with van der Waals surface area (Å²) in [5.74, 6) is 1.55. The molecule has 0 heterocycles. The summed E-state index contributed by atoms with van der Waals surface area (Å²) in [6.45, 7) is 4.86. The maximum Gasteiger partial charge on any atom is 0.223 e. The van der Waals surface area contributed by atoms with E-state index in [0.29, 0.717) is 18.4 Å². The lowest BCUT2D eigenvalue weighted by Crippen LogP contribution is -2.44. The molecular weight excluding hydrogens is 308 g/mol. The van der Waals surface area contributed by atoms with Gasteiger partial charge in [0.1, 0.15) is 0 Å². The minimum absolute atomic E-state index is 0. The normalized spacial score (nSPS) is 22.3. The number of nitrogens with one attached hydrogen (secondary N) is 1. The van der Waals surface area contributed by atoms with E-state index in [-0.39, 0.29) is 30.3 Å². The average Bonchev–Trinajstić information content (AvgIpc) is 2.54. The van der Waals surface area contributed by atoms with Gasteiger partial charge in [0, 0.05) is 18.5 Å². The zero-order valence-electron chi connectivity index (χ0n) is 14.3. The second kappa shape index (κ2) is 9.94. The Bertz CT molecular complexity index is 456. The van der Waals surface area contributed by atoms with E-state index in [0.717, 1.165) is 32.1 Å². The molecule has 0 aromatic heterocycles. The Morgan fingerprint density at radius 3 is 2.30 bits per heavy atom. The highest BCUT2D eigenvalue weighted by molar-refractivity contribution is 5.85. The maximum absolute atomic E-state index is 12.4. The Balaban J connectivity index is 0.00000264. The lowest BCUT2D eigenvalue weighted by atomic mass is 9.78. The van der Waals surface area contributed by atoms with E-state index < -0.39 is 0 Å². The first-order chi connectivity index (χ1) is 10.6. The molecule has 1 unspecified atom stereocenters. The largest absolute Gasteiger partial charge is 0.352 e. The molecule has 3 N–H and O–H groups in total. The van der Waals surface area contributed by atoms with E-state index in [1.807, 2.05) is 0 Å². The fraction of sp³-hybridized carbons (Fsp3) is 0.632. The Kier molecular flexibility index (Phi) is 8.64. The van der Waals surface area contributed by atoms with Crippen molar-refractivity contribution in [2.24, 2.45) is 17.6 Å². The van der Waals surface area contributed by atoms with Gasteiger partial charge in [0.15, 0.2) is 0 Å². The standard InChI is InChI=1S/C19H30N2O.ClH/c1-14(2)12-18(13-20)21-19(22)17-10-8-16(9-11-17)15-6-4-3-5-7-15;/h3-7,14,16-18H,8-13,20H2,1-2H3,(H,21,22);1H. The van der Waals surface area contributed by atoms with Gasteiger partial charge in [0.25, 0.3) is 0 Å². The molecular formula is C19H31ClN2O. The molecule has 1 aromatic carbocycles. The van der Waals surface area contributed by atoms with Crippen LogP contribution >= 0.6 is 12.4 Å². The molecule has 1 atom stereocenters.